The predicted octanol–water partition coefficient (Wildman–Crippen LogP) is 3.73. The summed E-state index contributed by atoms with van der Waals surface area (Å²) in [5.74, 6) is -2.03. The highest BCUT2D eigenvalue weighted by Crippen LogP contribution is 2.20. The second-order valence-electron chi connectivity index (χ2n) is 6.51. The van der Waals surface area contributed by atoms with Crippen LogP contribution in [0.3, 0.4) is 0 Å². The first kappa shape index (κ1) is 23.9. The lowest BCUT2D eigenvalue weighted by molar-refractivity contribution is -0.147. The number of hydrogen-bond donors (Lipinski definition) is 2. The van der Waals surface area contributed by atoms with Crippen molar-refractivity contribution in [2.75, 3.05) is 23.8 Å². The molecular formula is C22H23ClN2O6. The quantitative estimate of drug-likeness (QED) is 0.568. The molecule has 0 fully saturated rings. The van der Waals surface area contributed by atoms with Crippen molar-refractivity contribution >= 4 is 46.7 Å². The highest BCUT2D eigenvalue weighted by Gasteiger charge is 2.12. The molecule has 2 N–H and O–H groups in total. The van der Waals surface area contributed by atoms with Crippen molar-refractivity contribution in [3.05, 3.63) is 58.6 Å². The number of anilines is 2. The summed E-state index contributed by atoms with van der Waals surface area (Å²) in [4.78, 5) is 47.3. The number of esters is 2. The third-order valence-electron chi connectivity index (χ3n) is 4.07. The third-order valence-corrected chi connectivity index (χ3v) is 4.31. The zero-order valence-electron chi connectivity index (χ0n) is 17.2. The van der Waals surface area contributed by atoms with Crippen LogP contribution in [-0.2, 0) is 23.9 Å². The van der Waals surface area contributed by atoms with Gasteiger partial charge in [-0.05, 0) is 55.8 Å². The molecule has 0 aliphatic rings. The largest absolute Gasteiger partial charge is 0.462 e. The molecule has 0 saturated heterocycles. The summed E-state index contributed by atoms with van der Waals surface area (Å²) in [6, 6.07) is 11.2. The van der Waals surface area contributed by atoms with Gasteiger partial charge in [0.1, 0.15) is 0 Å². The van der Waals surface area contributed by atoms with Gasteiger partial charge in [0.05, 0.1) is 18.6 Å². The molecule has 164 valence electrons. The molecule has 31 heavy (non-hydrogen) atoms. The number of ether oxygens (including phenoxy) is 2. The van der Waals surface area contributed by atoms with E-state index in [1.165, 1.54) is 12.1 Å². The Balaban J connectivity index is 1.72. The lowest BCUT2D eigenvalue weighted by Crippen LogP contribution is -2.22. The molecule has 2 aromatic carbocycles. The van der Waals surface area contributed by atoms with Crippen molar-refractivity contribution in [1.82, 2.24) is 0 Å². The number of amides is 2. The molecule has 0 aliphatic carbocycles. The molecular weight excluding hydrogens is 424 g/mol. The Labute approximate surface area is 184 Å². The maximum Gasteiger partial charge on any atom is 0.338 e. The van der Waals surface area contributed by atoms with Crippen LogP contribution in [-0.4, -0.2) is 37.0 Å². The predicted molar refractivity (Wildman–Crippen MR) is 116 cm³/mol. The molecule has 0 heterocycles. The highest BCUT2D eigenvalue weighted by molar-refractivity contribution is 6.31. The molecule has 9 heteroatoms. The van der Waals surface area contributed by atoms with Gasteiger partial charge >= 0.3 is 11.9 Å². The van der Waals surface area contributed by atoms with Crippen LogP contribution >= 0.6 is 11.6 Å². The first-order valence-electron chi connectivity index (χ1n) is 9.57. The van der Waals surface area contributed by atoms with Crippen molar-refractivity contribution in [2.24, 2.45) is 0 Å². The van der Waals surface area contributed by atoms with Gasteiger partial charge in [0.15, 0.2) is 6.61 Å². The molecule has 0 aliphatic heterocycles. The van der Waals surface area contributed by atoms with E-state index < -0.39 is 30.4 Å². The molecule has 8 nitrogen and oxygen atoms in total. The summed E-state index contributed by atoms with van der Waals surface area (Å²) in [7, 11) is 0. The van der Waals surface area contributed by atoms with Crippen LogP contribution in [0.2, 0.25) is 5.02 Å². The summed E-state index contributed by atoms with van der Waals surface area (Å²) in [6.07, 6.45) is -0.302. The fourth-order valence-electron chi connectivity index (χ4n) is 2.48. The van der Waals surface area contributed by atoms with Gasteiger partial charge in [-0.2, -0.15) is 0 Å². The van der Waals surface area contributed by atoms with Crippen LogP contribution < -0.4 is 10.6 Å². The number of carbonyl (C=O) groups is 4. The van der Waals surface area contributed by atoms with E-state index in [-0.39, 0.29) is 19.4 Å². The molecule has 0 bridgehead atoms. The standard InChI is InChI=1S/C22H23ClN2O6/c1-3-30-22(29)15-5-8-17(9-6-15)24-19(26)10-11-21(28)31-13-20(27)25-18-12-16(23)7-4-14(18)2/h4-9,12H,3,10-11,13H2,1-2H3,(H,24,26)(H,25,27). The zero-order chi connectivity index (χ0) is 22.8. The Morgan fingerprint density at radius 1 is 0.903 bits per heavy atom. The lowest BCUT2D eigenvalue weighted by atomic mass is 10.2. The minimum atomic E-state index is -0.675. The average Bonchev–Trinajstić information content (AvgIpc) is 2.74. The second kappa shape index (κ2) is 11.7. The number of halogens is 1. The van der Waals surface area contributed by atoms with Gasteiger partial charge in [0.25, 0.3) is 5.91 Å². The van der Waals surface area contributed by atoms with E-state index in [0.29, 0.717) is 22.0 Å². The Hall–Kier alpha value is -3.39. The molecule has 2 rings (SSSR count). The minimum absolute atomic E-state index is 0.118. The van der Waals surface area contributed by atoms with E-state index in [0.717, 1.165) is 5.56 Å². The van der Waals surface area contributed by atoms with Crippen molar-refractivity contribution in [1.29, 1.82) is 0 Å². The third kappa shape index (κ3) is 8.10. The summed E-state index contributed by atoms with van der Waals surface area (Å²) in [5.41, 5.74) is 2.19. The first-order chi connectivity index (χ1) is 14.8. The maximum absolute atomic E-state index is 12.0. The molecule has 0 spiro atoms. The molecule has 0 saturated carbocycles. The van der Waals surface area contributed by atoms with E-state index in [1.807, 2.05) is 0 Å². The van der Waals surface area contributed by atoms with Gasteiger partial charge in [0, 0.05) is 22.8 Å². The molecule has 0 atom stereocenters. The smallest absolute Gasteiger partial charge is 0.338 e. The van der Waals surface area contributed by atoms with Crippen LogP contribution in [0.5, 0.6) is 0 Å². The van der Waals surface area contributed by atoms with Crippen LogP contribution in [0.25, 0.3) is 0 Å². The monoisotopic (exact) mass is 446 g/mol. The van der Waals surface area contributed by atoms with Gasteiger partial charge in [-0.3, -0.25) is 14.4 Å². The normalized spacial score (nSPS) is 10.2. The van der Waals surface area contributed by atoms with Crippen molar-refractivity contribution in [3.8, 4) is 0 Å². The van der Waals surface area contributed by atoms with E-state index in [9.17, 15) is 19.2 Å². The number of aryl methyl sites for hydroxylation is 1. The second-order valence-corrected chi connectivity index (χ2v) is 6.95. The molecule has 0 unspecified atom stereocenters. The van der Waals surface area contributed by atoms with Gasteiger partial charge < -0.3 is 20.1 Å². The van der Waals surface area contributed by atoms with Gasteiger partial charge in [-0.1, -0.05) is 17.7 Å². The SMILES string of the molecule is CCOC(=O)c1ccc(NC(=O)CCC(=O)OCC(=O)Nc2cc(Cl)ccc2C)cc1. The summed E-state index contributed by atoms with van der Waals surface area (Å²) in [5, 5.41) is 5.70. The Kier molecular flexibility index (Phi) is 9.02. The van der Waals surface area contributed by atoms with E-state index in [4.69, 9.17) is 21.1 Å². The van der Waals surface area contributed by atoms with Gasteiger partial charge in [-0.15, -0.1) is 0 Å². The van der Waals surface area contributed by atoms with Gasteiger partial charge in [0.2, 0.25) is 5.91 Å². The Bertz CT molecular complexity index is 959. The van der Waals surface area contributed by atoms with E-state index in [1.54, 1.807) is 44.2 Å². The number of benzene rings is 2. The number of hydrogen-bond acceptors (Lipinski definition) is 6. The maximum atomic E-state index is 12.0. The highest BCUT2D eigenvalue weighted by atomic mass is 35.5. The van der Waals surface area contributed by atoms with Gasteiger partial charge in [-0.25, -0.2) is 4.79 Å². The Morgan fingerprint density at radius 3 is 2.29 bits per heavy atom. The minimum Gasteiger partial charge on any atom is -0.462 e. The number of carbonyl (C=O) groups excluding carboxylic acids is 4. The van der Waals surface area contributed by atoms with Crippen LogP contribution in [0, 0.1) is 6.92 Å². The van der Waals surface area contributed by atoms with Crippen LogP contribution in [0.15, 0.2) is 42.5 Å². The van der Waals surface area contributed by atoms with Crippen LogP contribution in [0.1, 0.15) is 35.7 Å². The van der Waals surface area contributed by atoms with Crippen LogP contribution in [0.4, 0.5) is 11.4 Å². The number of rotatable bonds is 9. The molecule has 0 aromatic heterocycles. The summed E-state index contributed by atoms with van der Waals surface area (Å²) in [6.45, 7) is 3.32. The first-order valence-corrected chi connectivity index (χ1v) is 9.95. The van der Waals surface area contributed by atoms with Crippen molar-refractivity contribution in [2.45, 2.75) is 26.7 Å². The zero-order valence-corrected chi connectivity index (χ0v) is 18.0. The van der Waals surface area contributed by atoms with E-state index in [2.05, 4.69) is 10.6 Å². The van der Waals surface area contributed by atoms with Crippen molar-refractivity contribution in [3.63, 3.8) is 0 Å². The molecule has 0 radical (unpaired) electrons. The topological polar surface area (TPSA) is 111 Å². The molecule has 2 amide bonds. The van der Waals surface area contributed by atoms with Crippen molar-refractivity contribution < 1.29 is 28.7 Å². The fraction of sp³-hybridized carbons (Fsp3) is 0.273. The summed E-state index contributed by atoms with van der Waals surface area (Å²) >= 11 is 5.90. The fourth-order valence-corrected chi connectivity index (χ4v) is 2.65. The Morgan fingerprint density at radius 2 is 1.61 bits per heavy atom. The molecule has 2 aromatic rings. The number of nitrogens with one attached hydrogen (secondary N) is 2. The van der Waals surface area contributed by atoms with E-state index >= 15 is 0 Å². The lowest BCUT2D eigenvalue weighted by Gasteiger charge is -2.09. The summed E-state index contributed by atoms with van der Waals surface area (Å²) < 4.78 is 9.78. The average molecular weight is 447 g/mol.